The van der Waals surface area contributed by atoms with Crippen molar-refractivity contribution in [3.63, 3.8) is 0 Å². The molecule has 0 aromatic heterocycles. The van der Waals surface area contributed by atoms with Crippen LogP contribution in [0.3, 0.4) is 0 Å². The van der Waals surface area contributed by atoms with Gasteiger partial charge in [-0.05, 0) is 24.3 Å². The van der Waals surface area contributed by atoms with E-state index in [-0.39, 0.29) is 0 Å². The number of anilines is 1. The number of hydrogen-bond donors (Lipinski definition) is 1. The number of nitrogens with zero attached hydrogens (tertiary/aromatic N) is 1. The van der Waals surface area contributed by atoms with Crippen LogP contribution in [-0.2, 0) is 4.74 Å². The fourth-order valence-electron chi connectivity index (χ4n) is 2.45. The Morgan fingerprint density at radius 1 is 1.58 bits per heavy atom. The Morgan fingerprint density at radius 3 is 2.95 bits per heavy atom. The fourth-order valence-corrected chi connectivity index (χ4v) is 3.57. The van der Waals surface area contributed by atoms with Crippen LogP contribution in [0.4, 0.5) is 5.69 Å². The van der Waals surface area contributed by atoms with Crippen LogP contribution < -0.4 is 10.6 Å². The molecule has 1 saturated heterocycles. The Labute approximate surface area is 124 Å². The van der Waals surface area contributed by atoms with Crippen molar-refractivity contribution in [2.75, 3.05) is 30.9 Å². The van der Waals surface area contributed by atoms with Gasteiger partial charge in [0, 0.05) is 36.3 Å². The minimum atomic E-state index is 0.307. The zero-order valence-electron chi connectivity index (χ0n) is 11.4. The van der Waals surface area contributed by atoms with E-state index in [4.69, 9.17) is 22.7 Å². The number of nitrogens with two attached hydrogens (primary N) is 1. The van der Waals surface area contributed by atoms with E-state index in [1.807, 2.05) is 0 Å². The largest absolute Gasteiger partial charge is 0.389 e. The predicted molar refractivity (Wildman–Crippen MR) is 86.4 cm³/mol. The van der Waals surface area contributed by atoms with Gasteiger partial charge in [0.05, 0.1) is 6.10 Å². The van der Waals surface area contributed by atoms with Crippen LogP contribution >= 0.6 is 24.0 Å². The van der Waals surface area contributed by atoms with E-state index in [1.165, 1.54) is 4.90 Å². The number of thiocarbonyl (C=S) groups is 1. The summed E-state index contributed by atoms with van der Waals surface area (Å²) in [6.45, 7) is 4.04. The van der Waals surface area contributed by atoms with E-state index >= 15 is 0 Å². The fraction of sp³-hybridized carbons (Fsp3) is 0.500. The Morgan fingerprint density at radius 2 is 2.37 bits per heavy atom. The van der Waals surface area contributed by atoms with Crippen molar-refractivity contribution in [3.05, 3.63) is 23.8 Å². The van der Waals surface area contributed by atoms with Crippen molar-refractivity contribution < 1.29 is 4.74 Å². The van der Waals surface area contributed by atoms with Gasteiger partial charge < -0.3 is 15.4 Å². The van der Waals surface area contributed by atoms with Gasteiger partial charge >= 0.3 is 0 Å². The van der Waals surface area contributed by atoms with Gasteiger partial charge in [-0.15, -0.1) is 11.8 Å². The summed E-state index contributed by atoms with van der Waals surface area (Å²) < 4.78 is 5.43. The maximum absolute atomic E-state index is 5.94. The summed E-state index contributed by atoms with van der Waals surface area (Å²) in [7, 11) is 1.77. The average molecular weight is 296 g/mol. The number of rotatable bonds is 5. The van der Waals surface area contributed by atoms with Gasteiger partial charge in [0.25, 0.3) is 0 Å². The number of hydrogen-bond acceptors (Lipinski definition) is 4. The summed E-state index contributed by atoms with van der Waals surface area (Å²) in [5, 5.41) is 0. The zero-order valence-corrected chi connectivity index (χ0v) is 13.0. The first-order valence-corrected chi connectivity index (χ1v) is 7.90. The van der Waals surface area contributed by atoms with Crippen molar-refractivity contribution in [1.82, 2.24) is 0 Å². The molecule has 1 fully saturated rings. The standard InChI is InChI=1S/C14H20N2OS2/c1-3-19-12-6-4-5-11(13(12)14(15)18)16-8-7-10(9-16)17-2/h4-6,10H,3,7-9H2,1-2H3,(H2,15,18). The normalized spacial score (nSPS) is 18.8. The first-order chi connectivity index (χ1) is 9.17. The summed E-state index contributed by atoms with van der Waals surface area (Å²) in [4.78, 5) is 3.98. The molecular formula is C14H20N2OS2. The molecule has 0 radical (unpaired) electrons. The smallest absolute Gasteiger partial charge is 0.107 e. The maximum Gasteiger partial charge on any atom is 0.107 e. The number of thioether (sulfide) groups is 1. The molecule has 1 atom stereocenters. The van der Waals surface area contributed by atoms with Crippen molar-refractivity contribution in [3.8, 4) is 0 Å². The van der Waals surface area contributed by atoms with Gasteiger partial charge in [0.1, 0.15) is 4.99 Å². The Hall–Kier alpha value is -0.780. The van der Waals surface area contributed by atoms with Gasteiger partial charge in [-0.25, -0.2) is 0 Å². The molecule has 104 valence electrons. The molecule has 2 rings (SSSR count). The van der Waals surface area contributed by atoms with Gasteiger partial charge in [-0.3, -0.25) is 0 Å². The topological polar surface area (TPSA) is 38.5 Å². The minimum absolute atomic E-state index is 0.307. The highest BCUT2D eigenvalue weighted by Gasteiger charge is 2.25. The molecule has 2 N–H and O–H groups in total. The van der Waals surface area contributed by atoms with Gasteiger partial charge in [-0.2, -0.15) is 0 Å². The SMILES string of the molecule is CCSc1cccc(N2CCC(OC)C2)c1C(N)=S. The second-order valence-electron chi connectivity index (χ2n) is 4.54. The minimum Gasteiger partial charge on any atom is -0.389 e. The highest BCUT2D eigenvalue weighted by Crippen LogP contribution is 2.32. The third-order valence-corrected chi connectivity index (χ3v) is 4.51. The van der Waals surface area contributed by atoms with Crippen LogP contribution in [0.25, 0.3) is 0 Å². The van der Waals surface area contributed by atoms with Crippen LogP contribution in [-0.4, -0.2) is 37.0 Å². The summed E-state index contributed by atoms with van der Waals surface area (Å²) >= 11 is 7.04. The first kappa shape index (κ1) is 14.6. The average Bonchev–Trinajstić information content (AvgIpc) is 2.87. The molecule has 19 heavy (non-hydrogen) atoms. The van der Waals surface area contributed by atoms with E-state index in [2.05, 4.69) is 30.0 Å². The number of ether oxygens (including phenoxy) is 1. The Kier molecular flexibility index (Phi) is 5.07. The van der Waals surface area contributed by atoms with E-state index in [9.17, 15) is 0 Å². The van der Waals surface area contributed by atoms with Crippen LogP contribution in [0.15, 0.2) is 23.1 Å². The molecule has 0 spiro atoms. The Balaban J connectivity index is 2.34. The van der Waals surface area contributed by atoms with Crippen molar-refractivity contribution in [2.45, 2.75) is 24.3 Å². The molecule has 0 bridgehead atoms. The van der Waals surface area contributed by atoms with E-state index in [1.54, 1.807) is 18.9 Å². The van der Waals surface area contributed by atoms with Crippen LogP contribution in [0.2, 0.25) is 0 Å². The molecular weight excluding hydrogens is 276 g/mol. The molecule has 0 amide bonds. The lowest BCUT2D eigenvalue weighted by Crippen LogP contribution is -2.25. The highest BCUT2D eigenvalue weighted by atomic mass is 32.2. The van der Waals surface area contributed by atoms with E-state index < -0.39 is 0 Å². The lowest BCUT2D eigenvalue weighted by Gasteiger charge is -2.23. The molecule has 0 saturated carbocycles. The molecule has 1 unspecified atom stereocenters. The highest BCUT2D eigenvalue weighted by molar-refractivity contribution is 7.99. The molecule has 1 aliphatic heterocycles. The van der Waals surface area contributed by atoms with Gasteiger partial charge in [-0.1, -0.05) is 25.2 Å². The van der Waals surface area contributed by atoms with Crippen LogP contribution in [0.1, 0.15) is 18.9 Å². The van der Waals surface area contributed by atoms with Gasteiger partial charge in [0.15, 0.2) is 0 Å². The second kappa shape index (κ2) is 6.59. The summed E-state index contributed by atoms with van der Waals surface area (Å²) in [5.41, 5.74) is 8.10. The van der Waals surface area contributed by atoms with E-state index in [0.717, 1.165) is 36.5 Å². The van der Waals surface area contributed by atoms with Gasteiger partial charge in [0.2, 0.25) is 0 Å². The number of methoxy groups -OCH3 is 1. The molecule has 0 aliphatic carbocycles. The lowest BCUT2D eigenvalue weighted by molar-refractivity contribution is 0.121. The second-order valence-corrected chi connectivity index (χ2v) is 6.29. The third kappa shape index (κ3) is 3.22. The molecule has 3 nitrogen and oxygen atoms in total. The van der Waals surface area contributed by atoms with Crippen molar-refractivity contribution >= 4 is 34.7 Å². The molecule has 1 aromatic carbocycles. The summed E-state index contributed by atoms with van der Waals surface area (Å²) in [6, 6.07) is 6.28. The first-order valence-electron chi connectivity index (χ1n) is 6.50. The monoisotopic (exact) mass is 296 g/mol. The summed E-state index contributed by atoms with van der Waals surface area (Å²) in [6.07, 6.45) is 1.36. The van der Waals surface area contributed by atoms with Crippen molar-refractivity contribution in [1.29, 1.82) is 0 Å². The quantitative estimate of drug-likeness (QED) is 0.668. The summed E-state index contributed by atoms with van der Waals surface area (Å²) in [5.74, 6) is 1.01. The maximum atomic E-state index is 5.94. The molecule has 1 aliphatic rings. The predicted octanol–water partition coefficient (Wildman–Crippen LogP) is 2.66. The van der Waals surface area contributed by atoms with E-state index in [0.29, 0.717) is 11.1 Å². The van der Waals surface area contributed by atoms with Crippen LogP contribution in [0.5, 0.6) is 0 Å². The third-order valence-electron chi connectivity index (χ3n) is 3.37. The Bertz CT molecular complexity index is 465. The molecule has 1 heterocycles. The molecule has 5 heteroatoms. The van der Waals surface area contributed by atoms with Crippen molar-refractivity contribution in [2.24, 2.45) is 5.73 Å². The molecule has 1 aromatic rings. The van der Waals surface area contributed by atoms with Crippen LogP contribution in [0, 0.1) is 0 Å². The zero-order chi connectivity index (χ0) is 13.8. The number of benzene rings is 1. The lowest BCUT2D eigenvalue weighted by atomic mass is 10.1.